The smallest absolute Gasteiger partial charge is 0.138 e. The molecular formula is C13H22N4. The lowest BCUT2D eigenvalue weighted by atomic mass is 9.87. The molecule has 1 aromatic heterocycles. The van der Waals surface area contributed by atoms with Crippen LogP contribution in [0.2, 0.25) is 0 Å². The van der Waals surface area contributed by atoms with Gasteiger partial charge in [0.2, 0.25) is 0 Å². The molecule has 2 fully saturated rings. The van der Waals surface area contributed by atoms with Crippen molar-refractivity contribution in [2.45, 2.75) is 57.5 Å². The summed E-state index contributed by atoms with van der Waals surface area (Å²) in [6.07, 6.45) is 9.33. The van der Waals surface area contributed by atoms with Crippen LogP contribution >= 0.6 is 0 Å². The van der Waals surface area contributed by atoms with Crippen molar-refractivity contribution in [3.63, 3.8) is 0 Å². The Bertz CT molecular complexity index is 375. The van der Waals surface area contributed by atoms with Gasteiger partial charge in [-0.1, -0.05) is 6.92 Å². The van der Waals surface area contributed by atoms with Crippen LogP contribution in [0, 0.1) is 5.92 Å². The zero-order valence-corrected chi connectivity index (χ0v) is 10.7. The van der Waals surface area contributed by atoms with Gasteiger partial charge in [-0.25, -0.2) is 4.98 Å². The van der Waals surface area contributed by atoms with Gasteiger partial charge in [-0.15, -0.1) is 0 Å². The van der Waals surface area contributed by atoms with Crippen molar-refractivity contribution in [2.75, 3.05) is 6.54 Å². The van der Waals surface area contributed by atoms with Crippen molar-refractivity contribution in [3.8, 4) is 0 Å². The third-order valence-electron chi connectivity index (χ3n) is 4.24. The zero-order valence-electron chi connectivity index (χ0n) is 10.7. The Morgan fingerprint density at radius 3 is 3.06 bits per heavy atom. The molecule has 1 unspecified atom stereocenters. The van der Waals surface area contributed by atoms with Crippen LogP contribution in [0.3, 0.4) is 0 Å². The molecule has 0 amide bonds. The number of nitrogens with one attached hydrogen (secondary N) is 1. The molecule has 0 spiro atoms. The molecule has 3 rings (SSSR count). The second-order valence-corrected chi connectivity index (χ2v) is 5.54. The minimum absolute atomic E-state index is 0.346. The summed E-state index contributed by atoms with van der Waals surface area (Å²) in [5, 5.41) is 8.10. The highest BCUT2D eigenvalue weighted by molar-refractivity contribution is 5.09. The summed E-state index contributed by atoms with van der Waals surface area (Å²) in [5.74, 6) is 2.06. The fourth-order valence-electron chi connectivity index (χ4n) is 3.21. The summed E-state index contributed by atoms with van der Waals surface area (Å²) in [7, 11) is 0. The van der Waals surface area contributed by atoms with E-state index in [1.54, 1.807) is 6.33 Å². The van der Waals surface area contributed by atoms with Crippen LogP contribution in [0.1, 0.15) is 44.9 Å². The number of hydrogen-bond donors (Lipinski definition) is 1. The molecule has 4 nitrogen and oxygen atoms in total. The van der Waals surface area contributed by atoms with Gasteiger partial charge in [0.05, 0.1) is 0 Å². The Balaban J connectivity index is 1.77. The molecular weight excluding hydrogens is 212 g/mol. The van der Waals surface area contributed by atoms with E-state index in [2.05, 4.69) is 27.0 Å². The average Bonchev–Trinajstić information content (AvgIpc) is 2.96. The van der Waals surface area contributed by atoms with Gasteiger partial charge in [0.15, 0.2) is 0 Å². The van der Waals surface area contributed by atoms with E-state index in [4.69, 9.17) is 0 Å². The lowest BCUT2D eigenvalue weighted by Gasteiger charge is -2.29. The quantitative estimate of drug-likeness (QED) is 0.844. The lowest BCUT2D eigenvalue weighted by molar-refractivity contribution is 0.311. The molecule has 1 saturated heterocycles. The van der Waals surface area contributed by atoms with E-state index in [0.29, 0.717) is 5.54 Å². The number of aromatic nitrogens is 3. The Morgan fingerprint density at radius 2 is 2.41 bits per heavy atom. The minimum atomic E-state index is 0.346. The first-order valence-electron chi connectivity index (χ1n) is 6.96. The summed E-state index contributed by atoms with van der Waals surface area (Å²) in [6.45, 7) is 4.37. The van der Waals surface area contributed by atoms with Crippen LogP contribution in [0.5, 0.6) is 0 Å². The van der Waals surface area contributed by atoms with Crippen LogP contribution in [0.25, 0.3) is 0 Å². The monoisotopic (exact) mass is 234 g/mol. The predicted octanol–water partition coefficient (Wildman–Crippen LogP) is 1.76. The molecule has 1 N–H and O–H groups in total. The molecule has 0 bridgehead atoms. The Kier molecular flexibility index (Phi) is 2.90. The summed E-state index contributed by atoms with van der Waals surface area (Å²) < 4.78 is 2.09. The van der Waals surface area contributed by atoms with Gasteiger partial charge in [-0.3, -0.25) is 4.68 Å². The van der Waals surface area contributed by atoms with Crippen LogP contribution in [-0.4, -0.2) is 26.8 Å². The zero-order chi connectivity index (χ0) is 11.7. The molecule has 2 heterocycles. The first-order valence-corrected chi connectivity index (χ1v) is 6.96. The largest absolute Gasteiger partial charge is 0.311 e. The Morgan fingerprint density at radius 1 is 1.53 bits per heavy atom. The second-order valence-electron chi connectivity index (χ2n) is 5.54. The second kappa shape index (κ2) is 4.41. The molecule has 1 atom stereocenters. The van der Waals surface area contributed by atoms with Crippen molar-refractivity contribution >= 4 is 0 Å². The topological polar surface area (TPSA) is 42.7 Å². The average molecular weight is 234 g/mol. The fraction of sp³-hybridized carbons (Fsp3) is 0.846. The third kappa shape index (κ3) is 2.10. The van der Waals surface area contributed by atoms with E-state index < -0.39 is 0 Å². The van der Waals surface area contributed by atoms with Crippen LogP contribution in [0.4, 0.5) is 0 Å². The van der Waals surface area contributed by atoms with E-state index in [0.717, 1.165) is 25.3 Å². The lowest BCUT2D eigenvalue weighted by Crippen LogP contribution is -2.44. The Labute approximate surface area is 103 Å². The molecule has 0 aromatic carbocycles. The van der Waals surface area contributed by atoms with Gasteiger partial charge in [0.1, 0.15) is 12.2 Å². The summed E-state index contributed by atoms with van der Waals surface area (Å²) in [4.78, 5) is 4.47. The standard InChI is InChI=1S/C13H22N4/c1-2-8-17-12(14-10-16-17)9-13(11-4-5-11)6-3-7-15-13/h10-11,15H,2-9H2,1H3. The molecule has 94 valence electrons. The molecule has 2 aliphatic rings. The summed E-state index contributed by atoms with van der Waals surface area (Å²) in [6, 6.07) is 0. The first-order chi connectivity index (χ1) is 8.34. The van der Waals surface area contributed by atoms with Crippen LogP contribution in [0.15, 0.2) is 6.33 Å². The first kappa shape index (κ1) is 11.2. The number of aryl methyl sites for hydroxylation is 1. The van der Waals surface area contributed by atoms with Crippen molar-refractivity contribution in [3.05, 3.63) is 12.2 Å². The van der Waals surface area contributed by atoms with Crippen molar-refractivity contribution in [2.24, 2.45) is 5.92 Å². The van der Waals surface area contributed by atoms with Gasteiger partial charge in [-0.2, -0.15) is 5.10 Å². The van der Waals surface area contributed by atoms with E-state index in [1.165, 1.54) is 38.1 Å². The molecule has 1 aliphatic carbocycles. The fourth-order valence-corrected chi connectivity index (χ4v) is 3.21. The maximum absolute atomic E-state index is 4.47. The maximum Gasteiger partial charge on any atom is 0.138 e. The van der Waals surface area contributed by atoms with E-state index >= 15 is 0 Å². The number of rotatable bonds is 5. The molecule has 1 saturated carbocycles. The van der Waals surface area contributed by atoms with Gasteiger partial charge >= 0.3 is 0 Å². The van der Waals surface area contributed by atoms with Crippen molar-refractivity contribution in [1.29, 1.82) is 0 Å². The Hall–Kier alpha value is -0.900. The summed E-state index contributed by atoms with van der Waals surface area (Å²) >= 11 is 0. The minimum Gasteiger partial charge on any atom is -0.311 e. The summed E-state index contributed by atoms with van der Waals surface area (Å²) in [5.41, 5.74) is 0.346. The molecule has 0 radical (unpaired) electrons. The third-order valence-corrected chi connectivity index (χ3v) is 4.24. The van der Waals surface area contributed by atoms with Crippen LogP contribution in [-0.2, 0) is 13.0 Å². The maximum atomic E-state index is 4.47. The van der Waals surface area contributed by atoms with Gasteiger partial charge < -0.3 is 5.32 Å². The van der Waals surface area contributed by atoms with Crippen molar-refractivity contribution < 1.29 is 0 Å². The molecule has 4 heteroatoms. The highest BCUT2D eigenvalue weighted by Gasteiger charge is 2.47. The predicted molar refractivity (Wildman–Crippen MR) is 66.7 cm³/mol. The van der Waals surface area contributed by atoms with Crippen LogP contribution < -0.4 is 5.32 Å². The van der Waals surface area contributed by atoms with Gasteiger partial charge in [-0.05, 0) is 44.6 Å². The molecule has 17 heavy (non-hydrogen) atoms. The molecule has 1 aromatic rings. The van der Waals surface area contributed by atoms with Gasteiger partial charge in [0, 0.05) is 18.5 Å². The van der Waals surface area contributed by atoms with Crippen molar-refractivity contribution in [1.82, 2.24) is 20.1 Å². The highest BCUT2D eigenvalue weighted by atomic mass is 15.3. The van der Waals surface area contributed by atoms with E-state index in [9.17, 15) is 0 Å². The number of nitrogens with zero attached hydrogens (tertiary/aromatic N) is 3. The SMILES string of the molecule is CCCn1ncnc1CC1(C2CC2)CCCN1. The highest BCUT2D eigenvalue weighted by Crippen LogP contribution is 2.45. The normalized spacial score (nSPS) is 28.8. The number of hydrogen-bond acceptors (Lipinski definition) is 3. The van der Waals surface area contributed by atoms with E-state index in [-0.39, 0.29) is 0 Å². The van der Waals surface area contributed by atoms with Gasteiger partial charge in [0.25, 0.3) is 0 Å². The van der Waals surface area contributed by atoms with E-state index in [1.807, 2.05) is 0 Å². The molecule has 1 aliphatic heterocycles.